The molecule has 1 aromatic carbocycles. The summed E-state index contributed by atoms with van der Waals surface area (Å²) in [5, 5.41) is 14.4. The Morgan fingerprint density at radius 3 is 2.57 bits per heavy atom. The van der Waals surface area contributed by atoms with Crippen LogP contribution in [-0.4, -0.2) is 18.1 Å². The molecule has 0 spiro atoms. The van der Waals surface area contributed by atoms with Crippen molar-refractivity contribution in [2.24, 2.45) is 5.92 Å². The van der Waals surface area contributed by atoms with Crippen molar-refractivity contribution < 1.29 is 9.66 Å². The highest BCUT2D eigenvalue weighted by molar-refractivity contribution is 5.48. The summed E-state index contributed by atoms with van der Waals surface area (Å²) in [6.07, 6.45) is 3.56. The van der Waals surface area contributed by atoms with E-state index in [1.807, 2.05) is 6.07 Å². The van der Waals surface area contributed by atoms with Crippen molar-refractivity contribution in [3.8, 4) is 5.75 Å². The smallest absolute Gasteiger partial charge is 0.311 e. The topological polar surface area (TPSA) is 64.4 Å². The summed E-state index contributed by atoms with van der Waals surface area (Å²) >= 11 is 0. The van der Waals surface area contributed by atoms with Gasteiger partial charge >= 0.3 is 5.69 Å². The van der Waals surface area contributed by atoms with Gasteiger partial charge in [0.1, 0.15) is 0 Å². The van der Waals surface area contributed by atoms with Crippen LogP contribution in [0.15, 0.2) is 18.2 Å². The van der Waals surface area contributed by atoms with Gasteiger partial charge in [0.25, 0.3) is 0 Å². The summed E-state index contributed by atoms with van der Waals surface area (Å²) in [7, 11) is 1.44. The number of nitrogens with one attached hydrogen (secondary N) is 1. The summed E-state index contributed by atoms with van der Waals surface area (Å²) < 4.78 is 5.00. The van der Waals surface area contributed by atoms with Crippen molar-refractivity contribution in [1.82, 2.24) is 5.32 Å². The molecule has 0 aliphatic carbocycles. The maximum atomic E-state index is 11.0. The molecule has 0 aliphatic heterocycles. The minimum atomic E-state index is -0.408. The maximum Gasteiger partial charge on any atom is 0.311 e. The molecule has 5 heteroatoms. The van der Waals surface area contributed by atoms with E-state index in [9.17, 15) is 10.1 Å². The zero-order valence-electron chi connectivity index (χ0n) is 13.4. The van der Waals surface area contributed by atoms with E-state index >= 15 is 0 Å². The standard InChI is InChI=1S/C16H26N2O3/c1-12(2)6-5-7-13(3)17-11-14-8-9-16(21-4)15(10-14)18(19)20/h8-10,12-13,17H,5-7,11H2,1-4H3. The van der Waals surface area contributed by atoms with Crippen molar-refractivity contribution in [3.63, 3.8) is 0 Å². The number of methoxy groups -OCH3 is 1. The second-order valence-corrected chi connectivity index (χ2v) is 5.87. The molecule has 21 heavy (non-hydrogen) atoms. The fourth-order valence-electron chi connectivity index (χ4n) is 2.21. The van der Waals surface area contributed by atoms with E-state index in [0.29, 0.717) is 18.3 Å². The monoisotopic (exact) mass is 294 g/mol. The number of benzene rings is 1. The SMILES string of the molecule is COc1ccc(CNC(C)CCCC(C)C)cc1[N+](=O)[O-]. The lowest BCUT2D eigenvalue weighted by Gasteiger charge is -2.14. The van der Waals surface area contributed by atoms with Crippen LogP contribution in [-0.2, 0) is 6.54 Å². The second-order valence-electron chi connectivity index (χ2n) is 5.87. The molecule has 1 unspecified atom stereocenters. The highest BCUT2D eigenvalue weighted by atomic mass is 16.6. The average Bonchev–Trinajstić information content (AvgIpc) is 2.44. The summed E-state index contributed by atoms with van der Waals surface area (Å²) in [6, 6.07) is 5.50. The highest BCUT2D eigenvalue weighted by Gasteiger charge is 2.15. The van der Waals surface area contributed by atoms with Gasteiger partial charge in [0.05, 0.1) is 12.0 Å². The van der Waals surface area contributed by atoms with Gasteiger partial charge in [0, 0.05) is 18.7 Å². The Morgan fingerprint density at radius 1 is 1.29 bits per heavy atom. The largest absolute Gasteiger partial charge is 0.490 e. The fourth-order valence-corrected chi connectivity index (χ4v) is 2.21. The van der Waals surface area contributed by atoms with Gasteiger partial charge in [-0.2, -0.15) is 0 Å². The van der Waals surface area contributed by atoms with E-state index in [-0.39, 0.29) is 5.69 Å². The third-order valence-corrected chi connectivity index (χ3v) is 3.51. The summed E-state index contributed by atoms with van der Waals surface area (Å²) in [6.45, 7) is 7.25. The number of nitro groups is 1. The fraction of sp³-hybridized carbons (Fsp3) is 0.625. The molecule has 118 valence electrons. The minimum absolute atomic E-state index is 0.0178. The number of ether oxygens (including phenoxy) is 1. The van der Waals surface area contributed by atoms with Crippen LogP contribution in [0.25, 0.3) is 0 Å². The molecule has 5 nitrogen and oxygen atoms in total. The Balaban J connectivity index is 2.51. The Kier molecular flexibility index (Phi) is 7.15. The van der Waals surface area contributed by atoms with Gasteiger partial charge in [-0.05, 0) is 30.9 Å². The number of hydrogen-bond donors (Lipinski definition) is 1. The quantitative estimate of drug-likeness (QED) is 0.554. The van der Waals surface area contributed by atoms with Gasteiger partial charge < -0.3 is 10.1 Å². The van der Waals surface area contributed by atoms with Gasteiger partial charge in [0.2, 0.25) is 0 Å². The first kappa shape index (κ1) is 17.4. The lowest BCUT2D eigenvalue weighted by molar-refractivity contribution is -0.385. The highest BCUT2D eigenvalue weighted by Crippen LogP contribution is 2.27. The zero-order chi connectivity index (χ0) is 15.8. The van der Waals surface area contributed by atoms with Gasteiger partial charge in [-0.3, -0.25) is 10.1 Å². The van der Waals surface area contributed by atoms with Crippen molar-refractivity contribution in [3.05, 3.63) is 33.9 Å². The molecular formula is C16H26N2O3. The van der Waals surface area contributed by atoms with E-state index in [1.165, 1.54) is 20.0 Å². The maximum absolute atomic E-state index is 11.0. The van der Waals surface area contributed by atoms with Crippen molar-refractivity contribution in [2.75, 3.05) is 7.11 Å². The predicted molar refractivity (Wildman–Crippen MR) is 84.6 cm³/mol. The molecule has 1 atom stereocenters. The Labute approximate surface area is 126 Å². The summed E-state index contributed by atoms with van der Waals surface area (Å²) in [5.74, 6) is 1.04. The third-order valence-electron chi connectivity index (χ3n) is 3.51. The first-order valence-corrected chi connectivity index (χ1v) is 7.48. The predicted octanol–water partition coefficient (Wildman–Crippen LogP) is 3.91. The molecule has 0 amide bonds. The Bertz CT molecular complexity index is 461. The van der Waals surface area contributed by atoms with Gasteiger partial charge in [-0.25, -0.2) is 0 Å². The normalized spacial score (nSPS) is 12.4. The van der Waals surface area contributed by atoms with E-state index in [2.05, 4.69) is 26.1 Å². The Morgan fingerprint density at radius 2 is 2.00 bits per heavy atom. The lowest BCUT2D eigenvalue weighted by Crippen LogP contribution is -2.25. The molecule has 0 fully saturated rings. The van der Waals surface area contributed by atoms with Crippen molar-refractivity contribution in [1.29, 1.82) is 0 Å². The van der Waals surface area contributed by atoms with Crippen LogP contribution >= 0.6 is 0 Å². The van der Waals surface area contributed by atoms with Crippen LogP contribution in [0.2, 0.25) is 0 Å². The third kappa shape index (κ3) is 6.12. The molecule has 0 heterocycles. The lowest BCUT2D eigenvalue weighted by atomic mass is 10.0. The zero-order valence-corrected chi connectivity index (χ0v) is 13.4. The number of nitrogens with zero attached hydrogens (tertiary/aromatic N) is 1. The molecule has 1 aromatic rings. The van der Waals surface area contributed by atoms with Gasteiger partial charge in [-0.1, -0.05) is 32.8 Å². The van der Waals surface area contributed by atoms with Crippen molar-refractivity contribution in [2.45, 2.75) is 52.6 Å². The summed E-state index contributed by atoms with van der Waals surface area (Å²) in [4.78, 5) is 10.6. The van der Waals surface area contributed by atoms with Crippen molar-refractivity contribution >= 4 is 5.69 Å². The number of nitro benzene ring substituents is 1. The average molecular weight is 294 g/mol. The van der Waals surface area contributed by atoms with E-state index in [0.717, 1.165) is 17.9 Å². The molecule has 0 saturated carbocycles. The Hall–Kier alpha value is -1.62. The molecule has 0 bridgehead atoms. The molecule has 1 rings (SSSR count). The molecule has 0 radical (unpaired) electrons. The second kappa shape index (κ2) is 8.62. The molecule has 0 aromatic heterocycles. The number of rotatable bonds is 9. The van der Waals surface area contributed by atoms with Crippen LogP contribution < -0.4 is 10.1 Å². The van der Waals surface area contributed by atoms with E-state index < -0.39 is 4.92 Å². The van der Waals surface area contributed by atoms with Crippen LogP contribution in [0.3, 0.4) is 0 Å². The van der Waals surface area contributed by atoms with E-state index in [4.69, 9.17) is 4.74 Å². The molecular weight excluding hydrogens is 268 g/mol. The first-order valence-electron chi connectivity index (χ1n) is 7.48. The minimum Gasteiger partial charge on any atom is -0.490 e. The van der Waals surface area contributed by atoms with Crippen LogP contribution in [0.1, 0.15) is 45.6 Å². The van der Waals surface area contributed by atoms with Gasteiger partial charge in [0.15, 0.2) is 5.75 Å². The van der Waals surface area contributed by atoms with E-state index in [1.54, 1.807) is 12.1 Å². The van der Waals surface area contributed by atoms with Crippen LogP contribution in [0, 0.1) is 16.0 Å². The van der Waals surface area contributed by atoms with Gasteiger partial charge in [-0.15, -0.1) is 0 Å². The number of hydrogen-bond acceptors (Lipinski definition) is 4. The van der Waals surface area contributed by atoms with Crippen LogP contribution in [0.4, 0.5) is 5.69 Å². The first-order chi connectivity index (χ1) is 9.93. The summed E-state index contributed by atoms with van der Waals surface area (Å²) in [5.41, 5.74) is 0.919. The molecule has 1 N–H and O–H groups in total. The molecule has 0 aliphatic rings. The van der Waals surface area contributed by atoms with Crippen LogP contribution in [0.5, 0.6) is 5.75 Å². The molecule has 0 saturated heterocycles.